The van der Waals surface area contributed by atoms with E-state index in [9.17, 15) is 13.2 Å². The van der Waals surface area contributed by atoms with Crippen molar-refractivity contribution in [1.29, 1.82) is 0 Å². The minimum atomic E-state index is -3.98. The van der Waals surface area contributed by atoms with Crippen LogP contribution in [0.4, 0.5) is 11.5 Å². The first-order valence-electron chi connectivity index (χ1n) is 10.9. The Morgan fingerprint density at radius 3 is 2.46 bits per heavy atom. The number of sulfonamides is 1. The quantitative estimate of drug-likeness (QED) is 0.319. The number of carbonyl (C=O) groups excluding carboxylic acids is 1. The summed E-state index contributed by atoms with van der Waals surface area (Å²) in [5.41, 5.74) is 1.56. The number of methoxy groups -OCH3 is 2. The van der Waals surface area contributed by atoms with Crippen LogP contribution in [0.5, 0.6) is 17.6 Å². The molecular formula is C24H24N6O6S. The van der Waals surface area contributed by atoms with Gasteiger partial charge in [-0.2, -0.15) is 15.1 Å². The predicted octanol–water partition coefficient (Wildman–Crippen LogP) is 3.09. The predicted molar refractivity (Wildman–Crippen MR) is 134 cm³/mol. The number of para-hydroxylation sites is 1. The number of aryl methyl sites for hydroxylation is 1. The van der Waals surface area contributed by atoms with Gasteiger partial charge < -0.3 is 19.5 Å². The molecule has 0 unspecified atom stereocenters. The number of nitrogens with zero attached hydrogens (tertiary/aromatic N) is 4. The second kappa shape index (κ2) is 11.0. The fourth-order valence-corrected chi connectivity index (χ4v) is 4.16. The summed E-state index contributed by atoms with van der Waals surface area (Å²) in [7, 11) is -1.25. The van der Waals surface area contributed by atoms with Crippen LogP contribution in [0.2, 0.25) is 0 Å². The molecule has 2 aromatic heterocycles. The van der Waals surface area contributed by atoms with Crippen LogP contribution >= 0.6 is 0 Å². The Hall–Kier alpha value is -4.65. The zero-order chi connectivity index (χ0) is 26.4. The van der Waals surface area contributed by atoms with Crippen molar-refractivity contribution in [3.63, 3.8) is 0 Å². The van der Waals surface area contributed by atoms with Gasteiger partial charge in [0.05, 0.1) is 19.1 Å². The van der Waals surface area contributed by atoms with Crippen molar-refractivity contribution in [1.82, 2.24) is 19.7 Å². The molecule has 2 aromatic carbocycles. The second-order valence-electron chi connectivity index (χ2n) is 7.65. The maximum atomic E-state index is 12.8. The third-order valence-electron chi connectivity index (χ3n) is 5.05. The molecule has 13 heteroatoms. The lowest BCUT2D eigenvalue weighted by Gasteiger charge is -2.10. The van der Waals surface area contributed by atoms with Crippen LogP contribution in [0.25, 0.3) is 0 Å². The first kappa shape index (κ1) is 25.4. The highest BCUT2D eigenvalue weighted by Crippen LogP contribution is 2.22. The summed E-state index contributed by atoms with van der Waals surface area (Å²) in [6.07, 6.45) is 1.63. The molecule has 192 valence electrons. The average Bonchev–Trinajstić information content (AvgIpc) is 3.37. The Balaban J connectivity index is 1.38. The SMILES string of the molecule is COc1cc(NS(=O)(=O)c2ccc(NC(=O)c3ccn(COc4ccccc4C)n3)cc2)nc(OC)n1. The molecule has 0 fully saturated rings. The number of rotatable bonds is 10. The maximum absolute atomic E-state index is 12.8. The molecule has 2 N–H and O–H groups in total. The van der Waals surface area contributed by atoms with E-state index in [-0.39, 0.29) is 35.0 Å². The summed E-state index contributed by atoms with van der Waals surface area (Å²) in [6.45, 7) is 2.08. The van der Waals surface area contributed by atoms with Crippen LogP contribution in [0, 0.1) is 6.92 Å². The number of nitrogens with one attached hydrogen (secondary N) is 2. The van der Waals surface area contributed by atoms with Crippen molar-refractivity contribution in [2.75, 3.05) is 24.3 Å². The third kappa shape index (κ3) is 6.32. The van der Waals surface area contributed by atoms with E-state index in [1.807, 2.05) is 31.2 Å². The summed E-state index contributed by atoms with van der Waals surface area (Å²) in [5, 5.41) is 6.91. The standard InChI is InChI=1S/C24H24N6O6S/c1-16-6-4-5-7-20(16)36-15-30-13-12-19(28-30)23(31)25-17-8-10-18(11-9-17)37(32,33)29-21-14-22(34-2)27-24(26-21)35-3/h4-14H,15H2,1-3H3,(H,25,31)(H,26,27,29). The van der Waals surface area contributed by atoms with Crippen molar-refractivity contribution in [2.45, 2.75) is 18.6 Å². The van der Waals surface area contributed by atoms with Crippen molar-refractivity contribution in [3.8, 4) is 17.6 Å². The second-order valence-corrected chi connectivity index (χ2v) is 9.33. The normalized spacial score (nSPS) is 11.0. The fraction of sp³-hybridized carbons (Fsp3) is 0.167. The van der Waals surface area contributed by atoms with Gasteiger partial charge >= 0.3 is 6.01 Å². The summed E-state index contributed by atoms with van der Waals surface area (Å²) in [5.74, 6) is 0.380. The van der Waals surface area contributed by atoms with Crippen LogP contribution < -0.4 is 24.2 Å². The van der Waals surface area contributed by atoms with Gasteiger partial charge in [0.25, 0.3) is 15.9 Å². The van der Waals surface area contributed by atoms with Gasteiger partial charge in [-0.15, -0.1) is 0 Å². The number of benzene rings is 2. The van der Waals surface area contributed by atoms with E-state index in [0.717, 1.165) is 11.3 Å². The number of hydrogen-bond donors (Lipinski definition) is 2. The Kier molecular flexibility index (Phi) is 7.53. The summed E-state index contributed by atoms with van der Waals surface area (Å²) in [4.78, 5) is 20.4. The Morgan fingerprint density at radius 1 is 1.00 bits per heavy atom. The summed E-state index contributed by atoms with van der Waals surface area (Å²) >= 11 is 0. The van der Waals surface area contributed by atoms with Gasteiger partial charge in [-0.25, -0.2) is 13.1 Å². The zero-order valence-electron chi connectivity index (χ0n) is 20.2. The molecule has 0 spiro atoms. The zero-order valence-corrected chi connectivity index (χ0v) is 21.0. The molecule has 0 atom stereocenters. The van der Waals surface area contributed by atoms with Gasteiger partial charge in [-0.1, -0.05) is 18.2 Å². The highest BCUT2D eigenvalue weighted by molar-refractivity contribution is 7.92. The van der Waals surface area contributed by atoms with Crippen molar-refractivity contribution < 1.29 is 27.4 Å². The number of ether oxygens (including phenoxy) is 3. The van der Waals surface area contributed by atoms with E-state index >= 15 is 0 Å². The molecule has 37 heavy (non-hydrogen) atoms. The number of hydrogen-bond acceptors (Lipinski definition) is 9. The monoisotopic (exact) mass is 524 g/mol. The first-order chi connectivity index (χ1) is 17.8. The molecule has 0 saturated heterocycles. The lowest BCUT2D eigenvalue weighted by atomic mass is 10.2. The molecular weight excluding hydrogens is 500 g/mol. The van der Waals surface area contributed by atoms with E-state index < -0.39 is 15.9 Å². The topological polar surface area (TPSA) is 147 Å². The van der Waals surface area contributed by atoms with Crippen molar-refractivity contribution >= 4 is 27.4 Å². The van der Waals surface area contributed by atoms with E-state index in [2.05, 4.69) is 25.1 Å². The summed E-state index contributed by atoms with van der Waals surface area (Å²) < 4.78 is 45.1. The van der Waals surface area contributed by atoms with Gasteiger partial charge in [0.15, 0.2) is 18.2 Å². The smallest absolute Gasteiger partial charge is 0.321 e. The largest absolute Gasteiger partial charge is 0.481 e. The van der Waals surface area contributed by atoms with Crippen molar-refractivity contribution in [3.05, 3.63) is 78.1 Å². The molecule has 0 radical (unpaired) electrons. The molecule has 0 aliphatic rings. The van der Waals surface area contributed by atoms with Crippen LogP contribution in [0.15, 0.2) is 71.8 Å². The molecule has 0 aliphatic heterocycles. The van der Waals surface area contributed by atoms with E-state index in [1.165, 1.54) is 49.2 Å². The lowest BCUT2D eigenvalue weighted by Crippen LogP contribution is -2.16. The number of carbonyl (C=O) groups is 1. The number of aromatic nitrogens is 4. The van der Waals surface area contributed by atoms with Gasteiger partial charge in [0, 0.05) is 18.0 Å². The van der Waals surface area contributed by atoms with Gasteiger partial charge in [0.1, 0.15) is 5.75 Å². The van der Waals surface area contributed by atoms with Gasteiger partial charge in [-0.05, 0) is 48.9 Å². The number of anilines is 2. The summed E-state index contributed by atoms with van der Waals surface area (Å²) in [6, 6.07) is 16.0. The van der Waals surface area contributed by atoms with Crippen LogP contribution in [-0.4, -0.2) is 48.3 Å². The molecule has 0 bridgehead atoms. The highest BCUT2D eigenvalue weighted by Gasteiger charge is 2.18. The Morgan fingerprint density at radius 2 is 1.76 bits per heavy atom. The number of amides is 1. The van der Waals surface area contributed by atoms with E-state index in [1.54, 1.807) is 12.3 Å². The lowest BCUT2D eigenvalue weighted by molar-refractivity contribution is 0.102. The molecule has 2 heterocycles. The molecule has 12 nitrogen and oxygen atoms in total. The molecule has 0 saturated carbocycles. The van der Waals surface area contributed by atoms with Crippen molar-refractivity contribution in [2.24, 2.45) is 0 Å². The first-order valence-corrected chi connectivity index (χ1v) is 12.4. The van der Waals surface area contributed by atoms with Crippen LogP contribution in [0.1, 0.15) is 16.1 Å². The Labute approximate surface area is 213 Å². The average molecular weight is 525 g/mol. The molecule has 0 aliphatic carbocycles. The maximum Gasteiger partial charge on any atom is 0.321 e. The minimum absolute atomic E-state index is 0.0249. The molecule has 4 rings (SSSR count). The third-order valence-corrected chi connectivity index (χ3v) is 6.43. The Bertz CT molecular complexity index is 1480. The molecule has 4 aromatic rings. The van der Waals surface area contributed by atoms with Gasteiger partial charge in [0.2, 0.25) is 5.88 Å². The van der Waals surface area contributed by atoms with Crippen LogP contribution in [0.3, 0.4) is 0 Å². The van der Waals surface area contributed by atoms with Gasteiger partial charge in [-0.3, -0.25) is 9.52 Å². The highest BCUT2D eigenvalue weighted by atomic mass is 32.2. The molecule has 1 amide bonds. The van der Waals surface area contributed by atoms with E-state index in [0.29, 0.717) is 5.69 Å². The minimum Gasteiger partial charge on any atom is -0.481 e. The van der Waals surface area contributed by atoms with Crippen LogP contribution in [-0.2, 0) is 16.8 Å². The fourth-order valence-electron chi connectivity index (χ4n) is 3.17. The van der Waals surface area contributed by atoms with E-state index in [4.69, 9.17) is 14.2 Å².